The fourth-order valence-corrected chi connectivity index (χ4v) is 3.74. The van der Waals surface area contributed by atoms with Gasteiger partial charge in [0.15, 0.2) is 0 Å². The molecule has 23 heavy (non-hydrogen) atoms. The second kappa shape index (κ2) is 7.20. The van der Waals surface area contributed by atoms with Crippen LogP contribution >= 0.6 is 0 Å². The monoisotopic (exact) mass is 312 g/mol. The summed E-state index contributed by atoms with van der Waals surface area (Å²) < 4.78 is 0. The van der Waals surface area contributed by atoms with Crippen molar-refractivity contribution < 1.29 is 4.79 Å². The molecule has 3 nitrogen and oxygen atoms in total. The number of aromatic amines is 1. The van der Waals surface area contributed by atoms with Gasteiger partial charge in [0.2, 0.25) is 0 Å². The van der Waals surface area contributed by atoms with E-state index in [1.165, 1.54) is 47.8 Å². The molecule has 1 aromatic heterocycles. The molecule has 3 heteroatoms. The van der Waals surface area contributed by atoms with Crippen LogP contribution in [0.15, 0.2) is 18.2 Å². The van der Waals surface area contributed by atoms with E-state index >= 15 is 0 Å². The molecular formula is C20H28N2O. The average molecular weight is 312 g/mol. The molecule has 1 aromatic carbocycles. The molecule has 0 aliphatic heterocycles. The number of carbonyl (C=O) groups is 1. The number of aryl methyl sites for hydroxylation is 2. The summed E-state index contributed by atoms with van der Waals surface area (Å²) in [6, 6.07) is 6.07. The van der Waals surface area contributed by atoms with Gasteiger partial charge in [-0.3, -0.25) is 4.79 Å². The first-order valence-electron chi connectivity index (χ1n) is 9.14. The van der Waals surface area contributed by atoms with Crippen LogP contribution in [0.1, 0.15) is 67.6 Å². The van der Waals surface area contributed by atoms with Gasteiger partial charge in [0.05, 0.1) is 0 Å². The van der Waals surface area contributed by atoms with Crippen LogP contribution in [0.3, 0.4) is 0 Å². The summed E-state index contributed by atoms with van der Waals surface area (Å²) in [5.74, 6) is 0.776. The third-order valence-corrected chi connectivity index (χ3v) is 5.35. The summed E-state index contributed by atoms with van der Waals surface area (Å²) in [7, 11) is 0. The molecule has 2 aromatic rings. The molecular weight excluding hydrogens is 284 g/mol. The first-order valence-corrected chi connectivity index (χ1v) is 9.14. The lowest BCUT2D eigenvalue weighted by atomic mass is 9.95. The van der Waals surface area contributed by atoms with Crippen LogP contribution in [-0.4, -0.2) is 17.4 Å². The second-order valence-corrected chi connectivity index (χ2v) is 6.78. The lowest BCUT2D eigenvalue weighted by Gasteiger charge is -2.13. The Hall–Kier alpha value is -1.77. The first-order chi connectivity index (χ1) is 11.2. The Bertz CT molecular complexity index is 682. The lowest BCUT2D eigenvalue weighted by Crippen LogP contribution is -2.25. The first kappa shape index (κ1) is 16.1. The number of hydrogen-bond acceptors (Lipinski definition) is 1. The number of nitrogens with one attached hydrogen (secondary N) is 2. The Morgan fingerprint density at radius 3 is 2.78 bits per heavy atom. The number of carbonyl (C=O) groups excluding carboxylic acids is 1. The van der Waals surface area contributed by atoms with Crippen LogP contribution in [0.5, 0.6) is 0 Å². The van der Waals surface area contributed by atoms with Crippen LogP contribution in [0.4, 0.5) is 0 Å². The van der Waals surface area contributed by atoms with Crippen LogP contribution in [0.2, 0.25) is 0 Å². The van der Waals surface area contributed by atoms with E-state index in [2.05, 4.69) is 36.3 Å². The molecule has 0 atom stereocenters. The van der Waals surface area contributed by atoms with Gasteiger partial charge in [-0.2, -0.15) is 0 Å². The molecule has 1 aliphatic rings. The zero-order valence-corrected chi connectivity index (χ0v) is 14.4. The molecule has 3 rings (SSSR count). The highest BCUT2D eigenvalue weighted by Gasteiger charge is 2.16. The maximum Gasteiger partial charge on any atom is 0.251 e. The van der Waals surface area contributed by atoms with Crippen molar-refractivity contribution >= 4 is 16.8 Å². The zero-order chi connectivity index (χ0) is 16.2. The van der Waals surface area contributed by atoms with Crippen molar-refractivity contribution in [2.75, 3.05) is 6.54 Å². The molecule has 0 fully saturated rings. The Balaban J connectivity index is 1.71. The van der Waals surface area contributed by atoms with Crippen LogP contribution < -0.4 is 5.32 Å². The molecule has 1 amide bonds. The number of fused-ring (bicyclic) bond motifs is 3. The van der Waals surface area contributed by atoms with E-state index < -0.39 is 0 Å². The average Bonchev–Trinajstić information content (AvgIpc) is 2.96. The van der Waals surface area contributed by atoms with Gasteiger partial charge >= 0.3 is 0 Å². The predicted octanol–water partition coefficient (Wildman–Crippen LogP) is 4.60. The Labute approximate surface area is 138 Å². The van der Waals surface area contributed by atoms with Crippen LogP contribution in [-0.2, 0) is 12.8 Å². The number of aromatic nitrogens is 1. The van der Waals surface area contributed by atoms with E-state index in [4.69, 9.17) is 0 Å². The minimum Gasteiger partial charge on any atom is -0.358 e. The van der Waals surface area contributed by atoms with Crippen molar-refractivity contribution in [3.8, 4) is 0 Å². The fourth-order valence-electron chi connectivity index (χ4n) is 3.74. The highest BCUT2D eigenvalue weighted by atomic mass is 16.1. The van der Waals surface area contributed by atoms with Gasteiger partial charge in [-0.05, 0) is 61.8 Å². The summed E-state index contributed by atoms with van der Waals surface area (Å²) in [6.07, 6.45) is 8.24. The Kier molecular flexibility index (Phi) is 5.04. The van der Waals surface area contributed by atoms with Gasteiger partial charge in [-0.25, -0.2) is 0 Å². The summed E-state index contributed by atoms with van der Waals surface area (Å²) in [4.78, 5) is 15.9. The number of benzene rings is 1. The van der Waals surface area contributed by atoms with Crippen molar-refractivity contribution in [2.24, 2.45) is 5.92 Å². The number of H-pyrrole nitrogens is 1. The van der Waals surface area contributed by atoms with Crippen LogP contribution in [0, 0.1) is 5.92 Å². The van der Waals surface area contributed by atoms with Crippen molar-refractivity contribution in [3.05, 3.63) is 35.0 Å². The molecule has 1 heterocycles. The Morgan fingerprint density at radius 1 is 1.22 bits per heavy atom. The third-order valence-electron chi connectivity index (χ3n) is 5.35. The quantitative estimate of drug-likeness (QED) is 0.804. The van der Waals surface area contributed by atoms with Gasteiger partial charge in [-0.15, -0.1) is 0 Å². The molecule has 0 saturated carbocycles. The standard InChI is InChI=1S/C20H28N2O/c1-3-14(4-2)11-12-21-20(23)15-9-10-19-17(13-15)16-7-5-6-8-18(16)22-19/h9-10,13-14,22H,3-8,11-12H2,1-2H3,(H,21,23). The number of amides is 1. The van der Waals surface area contributed by atoms with Gasteiger partial charge in [0.25, 0.3) is 5.91 Å². The molecule has 0 bridgehead atoms. The molecule has 1 aliphatic carbocycles. The summed E-state index contributed by atoms with van der Waals surface area (Å²) in [6.45, 7) is 5.21. The lowest BCUT2D eigenvalue weighted by molar-refractivity contribution is 0.0951. The topological polar surface area (TPSA) is 44.9 Å². The summed E-state index contributed by atoms with van der Waals surface area (Å²) in [5, 5.41) is 4.33. The highest BCUT2D eigenvalue weighted by molar-refractivity contribution is 5.99. The number of hydrogen-bond donors (Lipinski definition) is 2. The van der Waals surface area contributed by atoms with E-state index in [9.17, 15) is 4.79 Å². The Morgan fingerprint density at radius 2 is 2.00 bits per heavy atom. The molecule has 0 unspecified atom stereocenters. The fraction of sp³-hybridized carbons (Fsp3) is 0.550. The van der Waals surface area contributed by atoms with E-state index in [1.807, 2.05) is 6.07 Å². The molecule has 0 spiro atoms. The van der Waals surface area contributed by atoms with E-state index in [1.54, 1.807) is 0 Å². The minimum atomic E-state index is 0.0589. The third kappa shape index (κ3) is 3.44. The van der Waals surface area contributed by atoms with Gasteiger partial charge in [-0.1, -0.05) is 26.7 Å². The van der Waals surface area contributed by atoms with Crippen molar-refractivity contribution in [3.63, 3.8) is 0 Å². The van der Waals surface area contributed by atoms with Crippen molar-refractivity contribution in [2.45, 2.75) is 58.8 Å². The maximum absolute atomic E-state index is 12.4. The van der Waals surface area contributed by atoms with Crippen molar-refractivity contribution in [1.29, 1.82) is 0 Å². The highest BCUT2D eigenvalue weighted by Crippen LogP contribution is 2.29. The molecule has 0 saturated heterocycles. The minimum absolute atomic E-state index is 0.0589. The van der Waals surface area contributed by atoms with Crippen molar-refractivity contribution in [1.82, 2.24) is 10.3 Å². The van der Waals surface area contributed by atoms with E-state index in [0.717, 1.165) is 37.3 Å². The molecule has 0 radical (unpaired) electrons. The largest absolute Gasteiger partial charge is 0.358 e. The van der Waals surface area contributed by atoms with Gasteiger partial charge in [0, 0.05) is 28.7 Å². The SMILES string of the molecule is CCC(CC)CCNC(=O)c1ccc2[nH]c3c(c2c1)CCCC3. The van der Waals surface area contributed by atoms with E-state index in [-0.39, 0.29) is 5.91 Å². The molecule has 2 N–H and O–H groups in total. The number of rotatable bonds is 6. The van der Waals surface area contributed by atoms with E-state index in [0.29, 0.717) is 0 Å². The smallest absolute Gasteiger partial charge is 0.251 e. The van der Waals surface area contributed by atoms with Crippen LogP contribution in [0.25, 0.3) is 10.9 Å². The van der Waals surface area contributed by atoms with Gasteiger partial charge < -0.3 is 10.3 Å². The predicted molar refractivity (Wildman–Crippen MR) is 96.0 cm³/mol. The zero-order valence-electron chi connectivity index (χ0n) is 14.4. The van der Waals surface area contributed by atoms with Gasteiger partial charge in [0.1, 0.15) is 0 Å². The summed E-state index contributed by atoms with van der Waals surface area (Å²) in [5.41, 5.74) is 4.76. The maximum atomic E-state index is 12.4. The second-order valence-electron chi connectivity index (χ2n) is 6.78. The normalized spacial score (nSPS) is 14.2. The summed E-state index contributed by atoms with van der Waals surface area (Å²) >= 11 is 0. The molecule has 124 valence electrons.